The van der Waals surface area contributed by atoms with Crippen molar-refractivity contribution in [3.63, 3.8) is 0 Å². The summed E-state index contributed by atoms with van der Waals surface area (Å²) in [5.41, 5.74) is 7.59. The Balaban J connectivity index is 2.30. The van der Waals surface area contributed by atoms with Crippen molar-refractivity contribution < 1.29 is 24.1 Å². The van der Waals surface area contributed by atoms with E-state index < -0.39 is 12.1 Å². The highest BCUT2D eigenvalue weighted by Crippen LogP contribution is 2.36. The van der Waals surface area contributed by atoms with Crippen molar-refractivity contribution >= 4 is 0 Å². The Morgan fingerprint density at radius 2 is 1.12 bits per heavy atom. The predicted octanol–water partition coefficient (Wildman–Crippen LogP) is 2.45. The normalized spacial score (nSPS) is 13.1. The largest absolute Gasteiger partial charge is 0.493 e. The molecule has 3 N–H and O–H groups in total. The summed E-state index contributed by atoms with van der Waals surface area (Å²) < 4.78 is 21.0. The average Bonchev–Trinajstić information content (AvgIpc) is 2.65. The molecule has 2 aromatic rings. The molecule has 0 radical (unpaired) electrons. The van der Waals surface area contributed by atoms with E-state index in [-0.39, 0.29) is 0 Å². The SMILES string of the molecule is COc1ccc(C(N)C(O)c2ccc(OC)c(OC)c2)cc1OC. The molecule has 0 fully saturated rings. The van der Waals surface area contributed by atoms with Gasteiger partial charge in [-0.1, -0.05) is 12.1 Å². The predicted molar refractivity (Wildman–Crippen MR) is 91.0 cm³/mol. The second kappa shape index (κ2) is 7.90. The van der Waals surface area contributed by atoms with Gasteiger partial charge >= 0.3 is 0 Å². The molecule has 0 amide bonds. The fourth-order valence-corrected chi connectivity index (χ4v) is 2.49. The molecule has 0 heterocycles. The van der Waals surface area contributed by atoms with E-state index in [1.54, 1.807) is 64.8 Å². The van der Waals surface area contributed by atoms with Crippen LogP contribution in [-0.2, 0) is 0 Å². The number of nitrogens with two attached hydrogens (primary N) is 1. The molecule has 0 aliphatic heterocycles. The highest BCUT2D eigenvalue weighted by Gasteiger charge is 2.21. The van der Waals surface area contributed by atoms with Gasteiger partial charge in [-0.25, -0.2) is 0 Å². The molecule has 2 unspecified atom stereocenters. The Morgan fingerprint density at radius 3 is 1.58 bits per heavy atom. The van der Waals surface area contributed by atoms with Gasteiger partial charge in [0.25, 0.3) is 0 Å². The van der Waals surface area contributed by atoms with Crippen molar-refractivity contribution in [1.29, 1.82) is 0 Å². The summed E-state index contributed by atoms with van der Waals surface area (Å²) in [7, 11) is 6.22. The third-order valence-electron chi connectivity index (χ3n) is 3.88. The lowest BCUT2D eigenvalue weighted by Gasteiger charge is -2.21. The van der Waals surface area contributed by atoms with Crippen LogP contribution in [0.25, 0.3) is 0 Å². The van der Waals surface area contributed by atoms with Gasteiger partial charge in [0.2, 0.25) is 0 Å². The van der Waals surface area contributed by atoms with Gasteiger partial charge in [0, 0.05) is 0 Å². The monoisotopic (exact) mass is 333 g/mol. The highest BCUT2D eigenvalue weighted by atomic mass is 16.5. The minimum absolute atomic E-state index is 0.536. The van der Waals surface area contributed by atoms with Crippen LogP contribution in [0.3, 0.4) is 0 Å². The number of hydrogen-bond acceptors (Lipinski definition) is 6. The lowest BCUT2D eigenvalue weighted by atomic mass is 9.96. The summed E-state index contributed by atoms with van der Waals surface area (Å²) in [6.07, 6.45) is -0.914. The van der Waals surface area contributed by atoms with E-state index in [0.717, 1.165) is 5.56 Å². The minimum Gasteiger partial charge on any atom is -0.493 e. The van der Waals surface area contributed by atoms with Crippen molar-refractivity contribution in [2.75, 3.05) is 28.4 Å². The molecular formula is C18H23NO5. The first-order valence-corrected chi connectivity index (χ1v) is 7.43. The van der Waals surface area contributed by atoms with E-state index in [1.165, 1.54) is 0 Å². The first-order valence-electron chi connectivity index (χ1n) is 7.43. The van der Waals surface area contributed by atoms with Crippen LogP contribution in [0.1, 0.15) is 23.3 Å². The highest BCUT2D eigenvalue weighted by molar-refractivity contribution is 5.46. The van der Waals surface area contributed by atoms with Crippen LogP contribution in [-0.4, -0.2) is 33.5 Å². The van der Waals surface area contributed by atoms with Gasteiger partial charge in [-0.3, -0.25) is 0 Å². The molecule has 24 heavy (non-hydrogen) atoms. The van der Waals surface area contributed by atoms with Crippen molar-refractivity contribution in [3.05, 3.63) is 47.5 Å². The fourth-order valence-electron chi connectivity index (χ4n) is 2.49. The summed E-state index contributed by atoms with van der Waals surface area (Å²) in [6.45, 7) is 0. The molecular weight excluding hydrogens is 310 g/mol. The van der Waals surface area contributed by atoms with Crippen LogP contribution in [0.15, 0.2) is 36.4 Å². The molecule has 0 aromatic heterocycles. The number of rotatable bonds is 7. The second-order valence-electron chi connectivity index (χ2n) is 5.20. The van der Waals surface area contributed by atoms with E-state index in [1.807, 2.05) is 0 Å². The summed E-state index contributed by atoms with van der Waals surface area (Å²) in [4.78, 5) is 0. The number of hydrogen-bond donors (Lipinski definition) is 2. The van der Waals surface area contributed by atoms with Crippen LogP contribution in [0.5, 0.6) is 23.0 Å². The van der Waals surface area contributed by atoms with Crippen LogP contribution >= 0.6 is 0 Å². The zero-order valence-corrected chi connectivity index (χ0v) is 14.3. The third kappa shape index (κ3) is 3.55. The maximum atomic E-state index is 10.6. The fraction of sp³-hybridized carbons (Fsp3) is 0.333. The van der Waals surface area contributed by atoms with Crippen molar-refractivity contribution in [2.24, 2.45) is 5.73 Å². The van der Waals surface area contributed by atoms with Gasteiger partial charge in [0.15, 0.2) is 23.0 Å². The molecule has 0 aliphatic carbocycles. The Bertz CT molecular complexity index is 630. The Kier molecular flexibility index (Phi) is 5.89. The molecule has 2 atom stereocenters. The smallest absolute Gasteiger partial charge is 0.161 e. The van der Waals surface area contributed by atoms with Crippen molar-refractivity contribution in [3.8, 4) is 23.0 Å². The molecule has 0 spiro atoms. The lowest BCUT2D eigenvalue weighted by molar-refractivity contribution is 0.146. The maximum absolute atomic E-state index is 10.6. The lowest BCUT2D eigenvalue weighted by Crippen LogP contribution is -2.19. The molecule has 0 saturated heterocycles. The average molecular weight is 333 g/mol. The first kappa shape index (κ1) is 17.9. The van der Waals surface area contributed by atoms with Crippen LogP contribution in [0.2, 0.25) is 0 Å². The Labute approximate surface area is 141 Å². The summed E-state index contributed by atoms with van der Waals surface area (Å²) in [5, 5.41) is 10.6. The van der Waals surface area contributed by atoms with E-state index >= 15 is 0 Å². The van der Waals surface area contributed by atoms with Gasteiger partial charge in [-0.05, 0) is 35.4 Å². The van der Waals surface area contributed by atoms with Crippen LogP contribution in [0.4, 0.5) is 0 Å². The van der Waals surface area contributed by atoms with E-state index in [0.29, 0.717) is 28.6 Å². The molecule has 0 aliphatic rings. The first-order chi connectivity index (χ1) is 11.5. The number of aliphatic hydroxyl groups is 1. The van der Waals surface area contributed by atoms with Crippen molar-refractivity contribution in [2.45, 2.75) is 12.1 Å². The zero-order chi connectivity index (χ0) is 17.7. The van der Waals surface area contributed by atoms with E-state index in [9.17, 15) is 5.11 Å². The Hall–Kier alpha value is -2.44. The zero-order valence-electron chi connectivity index (χ0n) is 14.3. The van der Waals surface area contributed by atoms with Gasteiger partial charge < -0.3 is 29.8 Å². The number of aliphatic hydroxyl groups excluding tert-OH is 1. The quantitative estimate of drug-likeness (QED) is 0.810. The number of benzene rings is 2. The van der Waals surface area contributed by atoms with Crippen LogP contribution < -0.4 is 24.7 Å². The van der Waals surface area contributed by atoms with Gasteiger partial charge in [0.05, 0.1) is 40.6 Å². The minimum atomic E-state index is -0.914. The van der Waals surface area contributed by atoms with Crippen molar-refractivity contribution in [1.82, 2.24) is 0 Å². The van der Waals surface area contributed by atoms with Gasteiger partial charge in [-0.15, -0.1) is 0 Å². The summed E-state index contributed by atoms with van der Waals surface area (Å²) in [5.74, 6) is 2.29. The van der Waals surface area contributed by atoms with E-state index in [2.05, 4.69) is 0 Å². The molecule has 2 aromatic carbocycles. The van der Waals surface area contributed by atoms with E-state index in [4.69, 9.17) is 24.7 Å². The molecule has 6 heteroatoms. The summed E-state index contributed by atoms with van der Waals surface area (Å²) >= 11 is 0. The number of methoxy groups -OCH3 is 4. The third-order valence-corrected chi connectivity index (χ3v) is 3.88. The molecule has 2 rings (SSSR count). The summed E-state index contributed by atoms with van der Waals surface area (Å²) in [6, 6.07) is 9.89. The number of ether oxygens (including phenoxy) is 4. The van der Waals surface area contributed by atoms with Gasteiger partial charge in [-0.2, -0.15) is 0 Å². The standard InChI is InChI=1S/C18H23NO5/c1-21-13-7-5-11(9-15(13)23-3)17(19)18(20)12-6-8-14(22-2)16(10-12)24-4/h5-10,17-18,20H,19H2,1-4H3. The molecule has 6 nitrogen and oxygen atoms in total. The topological polar surface area (TPSA) is 83.2 Å². The van der Waals surface area contributed by atoms with Gasteiger partial charge in [0.1, 0.15) is 0 Å². The second-order valence-corrected chi connectivity index (χ2v) is 5.20. The molecule has 130 valence electrons. The van der Waals surface area contributed by atoms with Crippen LogP contribution in [0, 0.1) is 0 Å². The molecule has 0 bridgehead atoms. The Morgan fingerprint density at radius 1 is 0.708 bits per heavy atom. The maximum Gasteiger partial charge on any atom is 0.161 e. The molecule has 0 saturated carbocycles.